The van der Waals surface area contributed by atoms with Crippen LogP contribution in [-0.4, -0.2) is 10.2 Å². The summed E-state index contributed by atoms with van der Waals surface area (Å²) in [5.41, 5.74) is 1.60. The van der Waals surface area contributed by atoms with Gasteiger partial charge in [-0.25, -0.2) is 0 Å². The van der Waals surface area contributed by atoms with E-state index in [-0.39, 0.29) is 0 Å². The zero-order valence-electron chi connectivity index (χ0n) is 6.87. The van der Waals surface area contributed by atoms with Crippen molar-refractivity contribution in [3.63, 3.8) is 0 Å². The smallest absolute Gasteiger partial charge is 0.0781 e. The molecule has 1 unspecified atom stereocenters. The largest absolute Gasteiger partial charge is 0.0827 e. The van der Waals surface area contributed by atoms with E-state index in [1.54, 1.807) is 6.07 Å². The van der Waals surface area contributed by atoms with Gasteiger partial charge in [-0.1, -0.05) is 47.8 Å². The van der Waals surface area contributed by atoms with Crippen molar-refractivity contribution in [3.05, 3.63) is 32.8 Å². The van der Waals surface area contributed by atoms with Crippen LogP contribution in [0.5, 0.6) is 0 Å². The van der Waals surface area contributed by atoms with E-state index in [4.69, 9.17) is 34.8 Å². The van der Waals surface area contributed by atoms with E-state index >= 15 is 0 Å². The molecule has 0 N–H and O–H groups in total. The molecule has 0 amide bonds. The molecule has 4 heteroatoms. The molecule has 0 radical (unpaired) electrons. The van der Waals surface area contributed by atoms with Crippen molar-refractivity contribution < 1.29 is 0 Å². The average Bonchev–Trinajstić information content (AvgIpc) is 2.00. The molecule has 0 spiro atoms. The first-order valence-electron chi connectivity index (χ1n) is 3.67. The highest BCUT2D eigenvalue weighted by Crippen LogP contribution is 2.34. The molecule has 0 saturated carbocycles. The summed E-state index contributed by atoms with van der Waals surface area (Å²) in [4.78, 5) is 0. The second kappa shape index (κ2) is 4.01. The second-order valence-corrected chi connectivity index (χ2v) is 5.81. The summed E-state index contributed by atoms with van der Waals surface area (Å²) < 4.78 is 0. The molecule has 0 aliphatic carbocycles. The molecule has 0 bridgehead atoms. The van der Waals surface area contributed by atoms with Gasteiger partial charge in [-0.05, 0) is 17.2 Å². The second-order valence-electron chi connectivity index (χ2n) is 2.92. The molecule has 66 valence electrons. The summed E-state index contributed by atoms with van der Waals surface area (Å²) in [5, 5.41) is 1.60. The van der Waals surface area contributed by atoms with Gasteiger partial charge < -0.3 is 0 Å². The van der Waals surface area contributed by atoms with Crippen LogP contribution in [0, 0.1) is 0 Å². The van der Waals surface area contributed by atoms with Gasteiger partial charge in [-0.15, -0.1) is 0 Å². The summed E-state index contributed by atoms with van der Waals surface area (Å²) in [6, 6.07) is 3.73. The van der Waals surface area contributed by atoms with Crippen LogP contribution < -0.4 is 0 Å². The van der Waals surface area contributed by atoms with E-state index in [9.17, 15) is 0 Å². The molecule has 1 aromatic rings. The minimum Gasteiger partial charge on any atom is -0.0827 e. The Morgan fingerprint density at radius 2 is 1.75 bits per heavy atom. The molecule has 0 nitrogen and oxygen atoms in total. The Morgan fingerprint density at radius 3 is 2.25 bits per heavy atom. The van der Waals surface area contributed by atoms with Crippen LogP contribution in [0.15, 0.2) is 12.1 Å². The normalized spacial score (nSPS) is 13.3. The molecule has 1 atom stereocenters. The van der Waals surface area contributed by atoms with Gasteiger partial charge in [-0.3, -0.25) is 0 Å². The standard InChI is InChI=1S/C8H9Cl3Si/c1-4(12)5-2-3-6(9)8(11)7(5)10/h2-4H,1,12H3. The fourth-order valence-electron chi connectivity index (χ4n) is 0.987. The van der Waals surface area contributed by atoms with E-state index in [2.05, 4.69) is 6.92 Å². The van der Waals surface area contributed by atoms with Gasteiger partial charge in [0.1, 0.15) is 0 Å². The summed E-state index contributed by atoms with van der Waals surface area (Å²) >= 11 is 17.7. The van der Waals surface area contributed by atoms with Gasteiger partial charge in [-0.2, -0.15) is 0 Å². The van der Waals surface area contributed by atoms with Crippen LogP contribution in [0.3, 0.4) is 0 Å². The number of hydrogen-bond donors (Lipinski definition) is 0. The number of rotatable bonds is 1. The average molecular weight is 240 g/mol. The van der Waals surface area contributed by atoms with Crippen molar-refractivity contribution in [2.24, 2.45) is 0 Å². The van der Waals surface area contributed by atoms with Crippen LogP contribution >= 0.6 is 34.8 Å². The highest BCUT2D eigenvalue weighted by atomic mass is 35.5. The van der Waals surface area contributed by atoms with Crippen molar-refractivity contribution in [2.45, 2.75) is 12.5 Å². The van der Waals surface area contributed by atoms with E-state index in [0.717, 1.165) is 15.8 Å². The van der Waals surface area contributed by atoms with E-state index in [1.807, 2.05) is 6.07 Å². The predicted molar refractivity (Wildman–Crippen MR) is 59.8 cm³/mol. The van der Waals surface area contributed by atoms with Gasteiger partial charge >= 0.3 is 0 Å². The van der Waals surface area contributed by atoms with Crippen molar-refractivity contribution in [3.8, 4) is 0 Å². The molecule has 0 saturated heterocycles. The Balaban J connectivity index is 3.27. The third-order valence-corrected chi connectivity index (χ3v) is 3.62. The fourth-order valence-corrected chi connectivity index (χ4v) is 2.41. The van der Waals surface area contributed by atoms with Crippen molar-refractivity contribution in [1.82, 2.24) is 0 Å². The zero-order chi connectivity index (χ0) is 9.30. The highest BCUT2D eigenvalue weighted by Gasteiger charge is 2.10. The number of halogens is 3. The first-order chi connectivity index (χ1) is 5.54. The molecule has 1 aromatic carbocycles. The molecule has 0 aliphatic rings. The molecule has 0 heterocycles. The van der Waals surface area contributed by atoms with Crippen LogP contribution in [0.25, 0.3) is 0 Å². The third kappa shape index (κ3) is 1.97. The maximum Gasteiger partial charge on any atom is 0.0781 e. The number of hydrogen-bond acceptors (Lipinski definition) is 0. The van der Waals surface area contributed by atoms with Crippen LogP contribution in [-0.2, 0) is 0 Å². The van der Waals surface area contributed by atoms with Gasteiger partial charge in [0.25, 0.3) is 0 Å². The molecule has 12 heavy (non-hydrogen) atoms. The molecule has 0 aromatic heterocycles. The monoisotopic (exact) mass is 238 g/mol. The summed E-state index contributed by atoms with van der Waals surface area (Å²) in [6.07, 6.45) is 0. The van der Waals surface area contributed by atoms with Crippen LogP contribution in [0.4, 0.5) is 0 Å². The zero-order valence-corrected chi connectivity index (χ0v) is 11.1. The maximum atomic E-state index is 6.00. The molecule has 1 rings (SSSR count). The Hall–Kier alpha value is 0.307. The summed E-state index contributed by atoms with van der Waals surface area (Å²) in [7, 11) is 1.06. The van der Waals surface area contributed by atoms with Gasteiger partial charge in [0.05, 0.1) is 15.1 Å². The highest BCUT2D eigenvalue weighted by molar-refractivity contribution is 6.48. The first kappa shape index (κ1) is 10.4. The van der Waals surface area contributed by atoms with Crippen LogP contribution in [0.1, 0.15) is 18.0 Å². The van der Waals surface area contributed by atoms with E-state index in [1.165, 1.54) is 0 Å². The van der Waals surface area contributed by atoms with E-state index < -0.39 is 0 Å². The lowest BCUT2D eigenvalue weighted by Crippen LogP contribution is -1.93. The van der Waals surface area contributed by atoms with Gasteiger partial charge in [0, 0.05) is 10.2 Å². The minimum absolute atomic E-state index is 0.471. The molecular weight excluding hydrogens is 231 g/mol. The SMILES string of the molecule is CC([SiH3])c1ccc(Cl)c(Cl)c1Cl. The Morgan fingerprint density at radius 1 is 1.17 bits per heavy atom. The lowest BCUT2D eigenvalue weighted by Gasteiger charge is -2.09. The van der Waals surface area contributed by atoms with Crippen molar-refractivity contribution in [2.75, 3.05) is 0 Å². The van der Waals surface area contributed by atoms with E-state index in [0.29, 0.717) is 20.6 Å². The Kier molecular flexibility index (Phi) is 3.47. The molecule has 0 aliphatic heterocycles. The topological polar surface area (TPSA) is 0 Å². The fraction of sp³-hybridized carbons (Fsp3) is 0.250. The van der Waals surface area contributed by atoms with Crippen molar-refractivity contribution >= 4 is 45.0 Å². The minimum atomic E-state index is 0.471. The van der Waals surface area contributed by atoms with Gasteiger partial charge in [0.2, 0.25) is 0 Å². The van der Waals surface area contributed by atoms with Crippen molar-refractivity contribution in [1.29, 1.82) is 0 Å². The quantitative estimate of drug-likeness (QED) is 0.522. The molecular formula is C8H9Cl3Si. The Labute approximate surface area is 90.2 Å². The predicted octanol–water partition coefficient (Wildman–Crippen LogP) is 3.07. The lowest BCUT2D eigenvalue weighted by atomic mass is 10.2. The van der Waals surface area contributed by atoms with Crippen LogP contribution in [0.2, 0.25) is 15.1 Å². The molecule has 0 fully saturated rings. The maximum absolute atomic E-state index is 6.00. The summed E-state index contributed by atoms with van der Waals surface area (Å²) in [6.45, 7) is 2.12. The Bertz CT molecular complexity index is 297. The number of benzene rings is 1. The third-order valence-electron chi connectivity index (χ3n) is 1.69. The lowest BCUT2D eigenvalue weighted by molar-refractivity contribution is 1.08. The van der Waals surface area contributed by atoms with Gasteiger partial charge in [0.15, 0.2) is 0 Å². The first-order valence-corrected chi connectivity index (χ1v) is 5.96. The summed E-state index contributed by atoms with van der Waals surface area (Å²) in [5.74, 6) is 0.